The Kier molecular flexibility index (Phi) is 5.70. The van der Waals surface area contributed by atoms with Crippen LogP contribution >= 0.6 is 27.7 Å². The first-order chi connectivity index (χ1) is 10.4. The first-order valence-electron chi connectivity index (χ1n) is 7.18. The third-order valence-corrected chi connectivity index (χ3v) is 5.06. The Morgan fingerprint density at radius 3 is 2.18 bits per heavy atom. The van der Waals surface area contributed by atoms with Crippen LogP contribution in [0.5, 0.6) is 0 Å². The van der Waals surface area contributed by atoms with Crippen molar-refractivity contribution >= 4 is 39.3 Å². The van der Waals surface area contributed by atoms with Crippen molar-refractivity contribution in [1.82, 2.24) is 0 Å². The van der Waals surface area contributed by atoms with Crippen molar-refractivity contribution in [3.05, 3.63) is 57.6 Å². The van der Waals surface area contributed by atoms with Gasteiger partial charge in [0, 0.05) is 15.1 Å². The first-order valence-corrected chi connectivity index (χ1v) is 8.85. The van der Waals surface area contributed by atoms with Gasteiger partial charge in [0.1, 0.15) is 0 Å². The Balaban J connectivity index is 2.07. The fourth-order valence-corrected chi connectivity index (χ4v) is 3.50. The molecule has 0 aliphatic carbocycles. The van der Waals surface area contributed by atoms with Crippen molar-refractivity contribution in [2.75, 3.05) is 5.32 Å². The summed E-state index contributed by atoms with van der Waals surface area (Å²) in [5, 5.41) is 2.92. The smallest absolute Gasteiger partial charge is 0.237 e. The summed E-state index contributed by atoms with van der Waals surface area (Å²) < 4.78 is 1.04. The third-order valence-electron chi connectivity index (χ3n) is 3.42. The number of amides is 1. The Morgan fingerprint density at radius 1 is 1.09 bits per heavy atom. The second-order valence-electron chi connectivity index (χ2n) is 5.48. The number of hydrogen-bond acceptors (Lipinski definition) is 2. The maximum atomic E-state index is 12.4. The zero-order valence-electron chi connectivity index (χ0n) is 13.2. The van der Waals surface area contributed by atoms with Crippen LogP contribution in [-0.4, -0.2) is 11.2 Å². The van der Waals surface area contributed by atoms with E-state index in [4.69, 9.17) is 0 Å². The van der Waals surface area contributed by atoms with Crippen LogP contribution < -0.4 is 5.32 Å². The molecule has 2 nitrogen and oxygen atoms in total. The van der Waals surface area contributed by atoms with E-state index in [1.54, 1.807) is 11.8 Å². The number of anilines is 1. The highest BCUT2D eigenvalue weighted by atomic mass is 79.9. The summed E-state index contributed by atoms with van der Waals surface area (Å²) in [6.07, 6.45) is 0. The molecule has 0 saturated carbocycles. The van der Waals surface area contributed by atoms with Crippen LogP contribution in [0, 0.1) is 20.8 Å². The van der Waals surface area contributed by atoms with Gasteiger partial charge in [0.2, 0.25) is 5.91 Å². The molecule has 116 valence electrons. The van der Waals surface area contributed by atoms with Crippen molar-refractivity contribution < 1.29 is 4.79 Å². The van der Waals surface area contributed by atoms with Gasteiger partial charge in [-0.3, -0.25) is 4.79 Å². The van der Waals surface area contributed by atoms with Crippen molar-refractivity contribution in [2.24, 2.45) is 0 Å². The van der Waals surface area contributed by atoms with Gasteiger partial charge in [-0.05, 0) is 63.1 Å². The van der Waals surface area contributed by atoms with Gasteiger partial charge in [-0.25, -0.2) is 0 Å². The van der Waals surface area contributed by atoms with Crippen molar-refractivity contribution in [3.63, 3.8) is 0 Å². The summed E-state index contributed by atoms with van der Waals surface area (Å²) in [6, 6.07) is 12.2. The molecule has 0 aromatic heterocycles. The quantitative estimate of drug-likeness (QED) is 0.713. The predicted octanol–water partition coefficient (Wildman–Crippen LogP) is 5.49. The Labute approximate surface area is 144 Å². The largest absolute Gasteiger partial charge is 0.325 e. The highest BCUT2D eigenvalue weighted by Crippen LogP contribution is 2.27. The van der Waals surface area contributed by atoms with Crippen molar-refractivity contribution in [2.45, 2.75) is 37.8 Å². The van der Waals surface area contributed by atoms with Crippen molar-refractivity contribution in [3.8, 4) is 0 Å². The zero-order valence-corrected chi connectivity index (χ0v) is 15.6. The fourth-order valence-electron chi connectivity index (χ4n) is 2.37. The molecule has 0 aliphatic heterocycles. The molecule has 2 aromatic carbocycles. The van der Waals surface area contributed by atoms with Crippen LogP contribution in [0.15, 0.2) is 45.8 Å². The molecule has 0 aliphatic rings. The molecule has 1 N–H and O–H groups in total. The van der Waals surface area contributed by atoms with Crippen LogP contribution in [0.3, 0.4) is 0 Å². The van der Waals surface area contributed by atoms with Gasteiger partial charge >= 0.3 is 0 Å². The maximum Gasteiger partial charge on any atom is 0.237 e. The molecule has 22 heavy (non-hydrogen) atoms. The lowest BCUT2D eigenvalue weighted by atomic mass is 10.1. The summed E-state index contributed by atoms with van der Waals surface area (Å²) in [5.74, 6) is 0.0305. The number of carbonyl (C=O) groups is 1. The topological polar surface area (TPSA) is 29.1 Å². The molecular formula is C18H20BrNOS. The molecule has 0 bridgehead atoms. The Hall–Kier alpha value is -1.26. The normalized spacial score (nSPS) is 12.0. The van der Waals surface area contributed by atoms with E-state index in [2.05, 4.69) is 40.3 Å². The van der Waals surface area contributed by atoms with Gasteiger partial charge in [0.05, 0.1) is 5.25 Å². The zero-order chi connectivity index (χ0) is 16.3. The van der Waals surface area contributed by atoms with Crippen LogP contribution in [0.1, 0.15) is 23.6 Å². The minimum atomic E-state index is -0.152. The summed E-state index contributed by atoms with van der Waals surface area (Å²) >= 11 is 4.98. The molecule has 2 aromatic rings. The van der Waals surface area contributed by atoms with Gasteiger partial charge in [-0.1, -0.05) is 33.6 Å². The number of nitrogens with one attached hydrogen (secondary N) is 1. The van der Waals surface area contributed by atoms with E-state index in [0.29, 0.717) is 0 Å². The number of thioether (sulfide) groups is 1. The molecule has 0 radical (unpaired) electrons. The van der Waals surface area contributed by atoms with E-state index >= 15 is 0 Å². The summed E-state index contributed by atoms with van der Waals surface area (Å²) in [7, 11) is 0. The Bertz CT molecular complexity index is 659. The van der Waals surface area contributed by atoms with Crippen LogP contribution in [0.25, 0.3) is 0 Å². The lowest BCUT2D eigenvalue weighted by Gasteiger charge is -2.16. The lowest BCUT2D eigenvalue weighted by Crippen LogP contribution is -2.23. The second kappa shape index (κ2) is 7.34. The van der Waals surface area contributed by atoms with Crippen LogP contribution in [-0.2, 0) is 4.79 Å². The van der Waals surface area contributed by atoms with E-state index in [-0.39, 0.29) is 11.2 Å². The highest BCUT2D eigenvalue weighted by Gasteiger charge is 2.16. The number of hydrogen-bond donors (Lipinski definition) is 1. The van der Waals surface area contributed by atoms with E-state index < -0.39 is 0 Å². The third kappa shape index (κ3) is 4.37. The minimum Gasteiger partial charge on any atom is -0.325 e. The van der Waals surface area contributed by atoms with Crippen molar-refractivity contribution in [1.29, 1.82) is 0 Å². The first kappa shape index (κ1) is 17.1. The maximum absolute atomic E-state index is 12.4. The van der Waals surface area contributed by atoms with Gasteiger partial charge < -0.3 is 5.32 Å². The summed E-state index contributed by atoms with van der Waals surface area (Å²) in [6.45, 7) is 8.06. The van der Waals surface area contributed by atoms with E-state index in [1.165, 1.54) is 5.56 Å². The number of aryl methyl sites for hydroxylation is 3. The number of halogens is 1. The standard InChI is InChI=1S/C18H20BrNOS/c1-11-9-12(2)17(13(3)10-11)20-18(21)14(4)22-16-7-5-15(19)6-8-16/h5-10,14H,1-4H3,(H,20,21)/t14-/m1/s1. The molecule has 1 atom stereocenters. The predicted molar refractivity (Wildman–Crippen MR) is 98.7 cm³/mol. The molecule has 0 heterocycles. The fraction of sp³-hybridized carbons (Fsp3) is 0.278. The number of rotatable bonds is 4. The monoisotopic (exact) mass is 377 g/mol. The molecule has 0 spiro atoms. The van der Waals surface area contributed by atoms with E-state index in [1.807, 2.05) is 45.0 Å². The van der Waals surface area contributed by atoms with Crippen LogP contribution in [0.2, 0.25) is 0 Å². The molecule has 0 saturated heterocycles. The minimum absolute atomic E-state index is 0.0305. The van der Waals surface area contributed by atoms with Crippen LogP contribution in [0.4, 0.5) is 5.69 Å². The van der Waals surface area contributed by atoms with Gasteiger partial charge in [-0.15, -0.1) is 11.8 Å². The molecule has 2 rings (SSSR count). The molecular weight excluding hydrogens is 358 g/mol. The van der Waals surface area contributed by atoms with Gasteiger partial charge in [-0.2, -0.15) is 0 Å². The van der Waals surface area contributed by atoms with E-state index in [0.717, 1.165) is 26.2 Å². The van der Waals surface area contributed by atoms with Gasteiger partial charge in [0.25, 0.3) is 0 Å². The second-order valence-corrected chi connectivity index (χ2v) is 7.81. The molecule has 0 unspecified atom stereocenters. The molecule has 4 heteroatoms. The summed E-state index contributed by atoms with van der Waals surface area (Å²) in [4.78, 5) is 13.5. The van der Waals surface area contributed by atoms with E-state index in [9.17, 15) is 4.79 Å². The average molecular weight is 378 g/mol. The highest BCUT2D eigenvalue weighted by molar-refractivity contribution is 9.10. The number of carbonyl (C=O) groups excluding carboxylic acids is 1. The SMILES string of the molecule is Cc1cc(C)c(NC(=O)[C@@H](C)Sc2ccc(Br)cc2)c(C)c1. The summed E-state index contributed by atoms with van der Waals surface area (Å²) in [5.41, 5.74) is 4.35. The Morgan fingerprint density at radius 2 is 1.64 bits per heavy atom. The van der Waals surface area contributed by atoms with Gasteiger partial charge in [0.15, 0.2) is 0 Å². The molecule has 0 fully saturated rings. The lowest BCUT2D eigenvalue weighted by molar-refractivity contribution is -0.115. The molecule has 1 amide bonds. The average Bonchev–Trinajstić information content (AvgIpc) is 2.45. The number of benzene rings is 2.